The zero-order valence-corrected chi connectivity index (χ0v) is 26.1. The van der Waals surface area contributed by atoms with E-state index >= 15 is 0 Å². The van der Waals surface area contributed by atoms with E-state index in [2.05, 4.69) is 15.7 Å². The van der Waals surface area contributed by atoms with Crippen molar-refractivity contribution in [1.29, 1.82) is 0 Å². The van der Waals surface area contributed by atoms with Crippen LogP contribution in [0.25, 0.3) is 10.9 Å². The molecule has 0 unspecified atom stereocenters. The Morgan fingerprint density at radius 3 is 2.61 bits per heavy atom. The number of anilines is 1. The maximum Gasteiger partial charge on any atom is 0.408 e. The highest BCUT2D eigenvalue weighted by Crippen LogP contribution is 2.35. The molecule has 0 bridgehead atoms. The molecule has 2 aromatic carbocycles. The summed E-state index contributed by atoms with van der Waals surface area (Å²) in [5.74, 6) is -0.566. The van der Waals surface area contributed by atoms with E-state index in [1.807, 2.05) is 48.0 Å². The van der Waals surface area contributed by atoms with Crippen molar-refractivity contribution < 1.29 is 35.9 Å². The molecule has 0 fully saturated rings. The molecule has 3 heterocycles. The Morgan fingerprint density at radius 1 is 1.15 bits per heavy atom. The Morgan fingerprint density at radius 2 is 1.91 bits per heavy atom. The number of sulfonamides is 1. The maximum absolute atomic E-state index is 13.9. The maximum atomic E-state index is 13.9. The molecule has 0 saturated heterocycles. The van der Waals surface area contributed by atoms with Gasteiger partial charge in [-0.05, 0) is 36.1 Å². The first-order chi connectivity index (χ1) is 21.9. The van der Waals surface area contributed by atoms with Gasteiger partial charge in [-0.2, -0.15) is 18.3 Å². The van der Waals surface area contributed by atoms with Crippen molar-refractivity contribution >= 4 is 39.0 Å². The van der Waals surface area contributed by atoms with E-state index in [1.165, 1.54) is 23.7 Å². The minimum absolute atomic E-state index is 0.0646. The molecule has 2 atom stereocenters. The predicted molar refractivity (Wildman–Crippen MR) is 166 cm³/mol. The lowest BCUT2D eigenvalue weighted by atomic mass is 9.99. The minimum Gasteiger partial charge on any atom is -0.461 e. The summed E-state index contributed by atoms with van der Waals surface area (Å²) in [5, 5.41) is 10.6. The highest BCUT2D eigenvalue weighted by Gasteiger charge is 2.31. The predicted octanol–water partition coefficient (Wildman–Crippen LogP) is 3.41. The number of alkyl halides is 3. The van der Waals surface area contributed by atoms with Crippen molar-refractivity contribution in [1.82, 2.24) is 25.0 Å². The Bertz CT molecular complexity index is 1810. The van der Waals surface area contributed by atoms with Gasteiger partial charge in [0.2, 0.25) is 10.0 Å². The average molecular weight is 661 g/mol. The Hall–Kier alpha value is -4.37. The molecule has 1 amide bonds. The number of rotatable bonds is 13. The molecule has 4 aromatic rings. The zero-order chi connectivity index (χ0) is 33.1. The van der Waals surface area contributed by atoms with Gasteiger partial charge in [-0.3, -0.25) is 18.6 Å². The topological polar surface area (TPSA) is 128 Å². The van der Waals surface area contributed by atoms with Crippen LogP contribution < -0.4 is 14.9 Å². The fraction of sp³-hybridized carbons (Fsp3) is 0.387. The van der Waals surface area contributed by atoms with Crippen LogP contribution in [0.1, 0.15) is 34.0 Å². The minimum atomic E-state index is -4.41. The van der Waals surface area contributed by atoms with Crippen LogP contribution in [0, 0.1) is 0 Å². The zero-order valence-electron chi connectivity index (χ0n) is 25.3. The molecule has 5 rings (SSSR count). The second-order valence-corrected chi connectivity index (χ2v) is 13.3. The standard InChI is InChI=1S/C31H35F3N6O5S/c1-3-23-18-39-9-10-46(43,44)38(2)27-13-24(12-25(23)29(27)39)30(42)37-26(11-21-7-5-4-6-8-21)28(45-20-41)16-35-14-22-15-36-40(17-22)19-31(32,33)34/h4-8,12-13,15,17-18,20,26,28,35H,3,9-11,14,16,19H2,1-2H3,(H,37,42)/t26-,28+/m0/s1. The Balaban J connectivity index is 1.41. The Kier molecular flexibility index (Phi) is 9.72. The van der Waals surface area contributed by atoms with Crippen molar-refractivity contribution in [3.05, 3.63) is 83.3 Å². The van der Waals surface area contributed by atoms with Gasteiger partial charge >= 0.3 is 6.18 Å². The van der Waals surface area contributed by atoms with Gasteiger partial charge < -0.3 is 19.9 Å². The quantitative estimate of drug-likeness (QED) is 0.211. The van der Waals surface area contributed by atoms with Crippen molar-refractivity contribution in [2.24, 2.45) is 0 Å². The lowest BCUT2D eigenvalue weighted by molar-refractivity contribution is -0.142. The van der Waals surface area contributed by atoms with E-state index in [-0.39, 0.29) is 37.3 Å². The number of aryl methyl sites for hydroxylation is 2. The molecule has 11 nitrogen and oxygen atoms in total. The molecule has 2 aromatic heterocycles. The largest absolute Gasteiger partial charge is 0.461 e. The van der Waals surface area contributed by atoms with E-state index < -0.39 is 40.8 Å². The summed E-state index contributed by atoms with van der Waals surface area (Å²) in [7, 11) is -2.14. The molecule has 46 heavy (non-hydrogen) atoms. The third kappa shape index (κ3) is 7.53. The molecule has 246 valence electrons. The number of nitrogens with zero attached hydrogens (tertiary/aromatic N) is 4. The lowest BCUT2D eigenvalue weighted by Crippen LogP contribution is -2.50. The number of aromatic nitrogens is 3. The van der Waals surface area contributed by atoms with Gasteiger partial charge in [0.25, 0.3) is 12.4 Å². The summed E-state index contributed by atoms with van der Waals surface area (Å²) >= 11 is 0. The first-order valence-electron chi connectivity index (χ1n) is 14.7. The molecule has 0 aliphatic carbocycles. The number of carbonyl (C=O) groups is 2. The van der Waals surface area contributed by atoms with Crippen LogP contribution in [-0.4, -0.2) is 72.8 Å². The summed E-state index contributed by atoms with van der Waals surface area (Å²) in [4.78, 5) is 25.5. The van der Waals surface area contributed by atoms with Crippen LogP contribution in [-0.2, 0) is 52.0 Å². The van der Waals surface area contributed by atoms with Crippen LogP contribution >= 0.6 is 0 Å². The van der Waals surface area contributed by atoms with Crippen molar-refractivity contribution in [2.45, 2.75) is 57.7 Å². The number of halogens is 3. The monoisotopic (exact) mass is 660 g/mol. The van der Waals surface area contributed by atoms with Gasteiger partial charge in [-0.15, -0.1) is 0 Å². The van der Waals surface area contributed by atoms with Gasteiger partial charge in [-0.25, -0.2) is 8.42 Å². The molecule has 2 N–H and O–H groups in total. The molecular formula is C31H35F3N6O5S. The molecule has 1 aliphatic rings. The fourth-order valence-electron chi connectivity index (χ4n) is 5.70. The number of benzene rings is 2. The second kappa shape index (κ2) is 13.5. The van der Waals surface area contributed by atoms with E-state index in [9.17, 15) is 31.2 Å². The van der Waals surface area contributed by atoms with Crippen LogP contribution in [0.2, 0.25) is 0 Å². The molecular weight excluding hydrogens is 625 g/mol. The van der Waals surface area contributed by atoms with Gasteiger partial charge in [0.05, 0.1) is 29.2 Å². The van der Waals surface area contributed by atoms with Crippen molar-refractivity contribution in [3.63, 3.8) is 0 Å². The number of ether oxygens (including phenoxy) is 1. The summed E-state index contributed by atoms with van der Waals surface area (Å²) in [6.07, 6.45) is 0.210. The smallest absolute Gasteiger partial charge is 0.408 e. The van der Waals surface area contributed by atoms with Crippen LogP contribution in [0.15, 0.2) is 61.1 Å². The van der Waals surface area contributed by atoms with E-state index in [1.54, 1.807) is 12.1 Å². The normalized spacial score (nSPS) is 15.7. The van der Waals surface area contributed by atoms with Gasteiger partial charge in [-0.1, -0.05) is 37.3 Å². The molecule has 0 spiro atoms. The number of hydrogen-bond donors (Lipinski definition) is 2. The molecule has 1 aliphatic heterocycles. The third-order valence-corrected chi connectivity index (χ3v) is 9.75. The van der Waals surface area contributed by atoms with Gasteiger partial charge in [0.1, 0.15) is 12.6 Å². The van der Waals surface area contributed by atoms with Gasteiger partial charge in [0, 0.05) is 55.6 Å². The van der Waals surface area contributed by atoms with Crippen molar-refractivity contribution in [3.8, 4) is 0 Å². The van der Waals surface area contributed by atoms with Crippen molar-refractivity contribution in [2.75, 3.05) is 23.7 Å². The summed E-state index contributed by atoms with van der Waals surface area (Å²) < 4.78 is 73.4. The van der Waals surface area contributed by atoms with E-state index in [0.717, 1.165) is 26.7 Å². The highest BCUT2D eigenvalue weighted by molar-refractivity contribution is 7.92. The fourth-order valence-corrected chi connectivity index (χ4v) is 6.84. The first-order valence-corrected chi connectivity index (χ1v) is 16.3. The SMILES string of the molecule is CCc1cn2c3c(cc(C(=O)N[C@@H](Cc4ccccc4)[C@@H](CNCc4cnn(CC(F)(F)F)c4)OC=O)cc13)N(C)S(=O)(=O)CC2. The number of nitrogens with one attached hydrogen (secondary N) is 2. The third-order valence-electron chi connectivity index (χ3n) is 8.02. The first kappa shape index (κ1) is 33.0. The number of carbonyl (C=O) groups excluding carboxylic acids is 2. The highest BCUT2D eigenvalue weighted by atomic mass is 32.2. The summed E-state index contributed by atoms with van der Waals surface area (Å²) in [6, 6.07) is 11.9. The molecule has 0 saturated carbocycles. The van der Waals surface area contributed by atoms with Crippen LogP contribution in [0.4, 0.5) is 18.9 Å². The van der Waals surface area contributed by atoms with Gasteiger partial charge in [0.15, 0.2) is 0 Å². The number of amides is 1. The summed E-state index contributed by atoms with van der Waals surface area (Å²) in [6.45, 7) is 1.56. The molecule has 15 heteroatoms. The number of hydrogen-bond acceptors (Lipinski definition) is 7. The van der Waals surface area contributed by atoms with Crippen LogP contribution in [0.3, 0.4) is 0 Å². The average Bonchev–Trinajstić information content (AvgIpc) is 3.59. The van der Waals surface area contributed by atoms with E-state index in [4.69, 9.17) is 4.74 Å². The second-order valence-electron chi connectivity index (χ2n) is 11.2. The summed E-state index contributed by atoms with van der Waals surface area (Å²) in [5.41, 5.74) is 3.71. The van der Waals surface area contributed by atoms with Crippen LogP contribution in [0.5, 0.6) is 0 Å². The lowest BCUT2D eigenvalue weighted by Gasteiger charge is -2.27. The van der Waals surface area contributed by atoms with E-state index in [0.29, 0.717) is 24.2 Å². The molecule has 0 radical (unpaired) electrons. The Labute approximate surface area is 264 Å².